The van der Waals surface area contributed by atoms with Crippen molar-refractivity contribution in [2.45, 2.75) is 6.54 Å². The molecule has 0 spiro atoms. The molecule has 0 bridgehead atoms. The second-order valence-electron chi connectivity index (χ2n) is 8.47. The first-order chi connectivity index (χ1) is 17.9. The molecular formula is C27H16N4O6. The Balaban J connectivity index is 1.45. The van der Waals surface area contributed by atoms with Crippen molar-refractivity contribution in [1.82, 2.24) is 14.9 Å². The first-order valence-electron chi connectivity index (χ1n) is 11.2. The van der Waals surface area contributed by atoms with Crippen molar-refractivity contribution in [3.63, 3.8) is 0 Å². The van der Waals surface area contributed by atoms with Gasteiger partial charge in [-0.15, -0.1) is 0 Å². The van der Waals surface area contributed by atoms with Gasteiger partial charge >= 0.3 is 5.97 Å². The van der Waals surface area contributed by atoms with Crippen LogP contribution in [0.4, 0.5) is 5.82 Å². The fourth-order valence-electron chi connectivity index (χ4n) is 4.71. The molecule has 0 N–H and O–H groups in total. The minimum Gasteiger partial charge on any atom is -0.465 e. The van der Waals surface area contributed by atoms with E-state index in [1.165, 1.54) is 49.7 Å². The standard InChI is InChI=1S/C27H16N4O6/c1-37-27(36)15-4-9-20(29-12-15)31-25(34)18-7-5-16-21-17(6-8-19(22(18)21)26(31)35)24(33)30(23(16)32)13-14-3-2-10-28-11-14/h2-12H,13H2,1H3. The van der Waals surface area contributed by atoms with Gasteiger partial charge in [0.1, 0.15) is 5.82 Å². The van der Waals surface area contributed by atoms with Crippen molar-refractivity contribution in [2.24, 2.45) is 0 Å². The van der Waals surface area contributed by atoms with Gasteiger partial charge in [0.25, 0.3) is 23.6 Å². The number of ether oxygens (including phenoxy) is 1. The van der Waals surface area contributed by atoms with E-state index in [1.807, 2.05) is 0 Å². The van der Waals surface area contributed by atoms with Crippen LogP contribution in [0.25, 0.3) is 10.8 Å². The lowest BCUT2D eigenvalue weighted by atomic mass is 9.86. The largest absolute Gasteiger partial charge is 0.465 e. The summed E-state index contributed by atoms with van der Waals surface area (Å²) in [6, 6.07) is 12.2. The fraction of sp³-hybridized carbons (Fsp3) is 0.0741. The van der Waals surface area contributed by atoms with E-state index >= 15 is 0 Å². The van der Waals surface area contributed by atoms with E-state index in [4.69, 9.17) is 0 Å². The summed E-state index contributed by atoms with van der Waals surface area (Å²) < 4.78 is 4.66. The predicted octanol–water partition coefficient (Wildman–Crippen LogP) is 3.01. The normalized spacial score (nSPS) is 14.4. The van der Waals surface area contributed by atoms with Gasteiger partial charge < -0.3 is 4.74 Å². The Hall–Kier alpha value is -5.25. The Morgan fingerprint density at radius 3 is 1.86 bits per heavy atom. The summed E-state index contributed by atoms with van der Waals surface area (Å²) in [4.78, 5) is 75.6. The number of carbonyl (C=O) groups excluding carboxylic acids is 5. The molecule has 10 nitrogen and oxygen atoms in total. The Bertz CT molecular complexity index is 1610. The van der Waals surface area contributed by atoms with E-state index in [0.29, 0.717) is 5.56 Å². The molecule has 0 saturated carbocycles. The van der Waals surface area contributed by atoms with Crippen molar-refractivity contribution < 1.29 is 28.7 Å². The highest BCUT2D eigenvalue weighted by molar-refractivity contribution is 6.39. The zero-order valence-corrected chi connectivity index (χ0v) is 19.3. The maximum absolute atomic E-state index is 13.5. The van der Waals surface area contributed by atoms with E-state index < -0.39 is 29.6 Å². The molecule has 4 amide bonds. The minimum absolute atomic E-state index is 0.0245. The number of aromatic nitrogens is 2. The average molecular weight is 492 g/mol. The van der Waals surface area contributed by atoms with Gasteiger partial charge in [0.05, 0.1) is 19.2 Å². The number of imide groups is 2. The van der Waals surface area contributed by atoms with Gasteiger partial charge in [-0.25, -0.2) is 14.7 Å². The predicted molar refractivity (Wildman–Crippen MR) is 129 cm³/mol. The van der Waals surface area contributed by atoms with Crippen LogP contribution in [0.5, 0.6) is 0 Å². The maximum atomic E-state index is 13.5. The number of hydrogen-bond donors (Lipinski definition) is 0. The first kappa shape index (κ1) is 22.2. The summed E-state index contributed by atoms with van der Waals surface area (Å²) >= 11 is 0. The number of hydrogen-bond acceptors (Lipinski definition) is 8. The lowest BCUT2D eigenvalue weighted by Crippen LogP contribution is -2.43. The third kappa shape index (κ3) is 3.23. The van der Waals surface area contributed by atoms with Crippen molar-refractivity contribution in [1.29, 1.82) is 0 Å². The molecular weight excluding hydrogens is 476 g/mol. The topological polar surface area (TPSA) is 127 Å². The van der Waals surface area contributed by atoms with Crippen molar-refractivity contribution in [3.05, 3.63) is 101 Å². The second kappa shape index (κ2) is 8.16. The maximum Gasteiger partial charge on any atom is 0.339 e. The van der Waals surface area contributed by atoms with E-state index in [2.05, 4.69) is 14.7 Å². The highest BCUT2D eigenvalue weighted by Crippen LogP contribution is 2.39. The van der Waals surface area contributed by atoms with Crippen LogP contribution >= 0.6 is 0 Å². The third-order valence-corrected chi connectivity index (χ3v) is 6.44. The van der Waals surface area contributed by atoms with Gasteiger partial charge in [-0.3, -0.25) is 29.1 Å². The van der Waals surface area contributed by atoms with Crippen LogP contribution in [0.1, 0.15) is 57.4 Å². The SMILES string of the molecule is COC(=O)c1ccc(N2C(=O)c3ccc4c5c(ccc(c35)C2=O)C(=O)N(Cc2cccnc2)C4=O)nc1. The molecule has 4 aromatic rings. The number of benzene rings is 2. The van der Waals surface area contributed by atoms with E-state index in [9.17, 15) is 24.0 Å². The van der Waals surface area contributed by atoms with Crippen LogP contribution in [0.2, 0.25) is 0 Å². The fourth-order valence-corrected chi connectivity index (χ4v) is 4.71. The van der Waals surface area contributed by atoms with Crippen LogP contribution in [-0.2, 0) is 11.3 Å². The molecule has 2 aliphatic heterocycles. The van der Waals surface area contributed by atoms with Gasteiger partial charge in [0, 0.05) is 51.6 Å². The van der Waals surface area contributed by atoms with Crippen molar-refractivity contribution in [2.75, 3.05) is 12.0 Å². The van der Waals surface area contributed by atoms with Gasteiger partial charge in [0.15, 0.2) is 0 Å². The Morgan fingerprint density at radius 2 is 1.38 bits per heavy atom. The summed E-state index contributed by atoms with van der Waals surface area (Å²) in [6.07, 6.45) is 4.39. The molecule has 180 valence electrons. The number of methoxy groups -OCH3 is 1. The highest BCUT2D eigenvalue weighted by atomic mass is 16.5. The van der Waals surface area contributed by atoms with Gasteiger partial charge in [-0.2, -0.15) is 0 Å². The molecule has 2 aliphatic rings. The lowest BCUT2D eigenvalue weighted by molar-refractivity contribution is 0.0587. The summed E-state index contributed by atoms with van der Waals surface area (Å²) in [5.41, 5.74) is 1.63. The van der Waals surface area contributed by atoms with Crippen LogP contribution in [0, 0.1) is 0 Å². The van der Waals surface area contributed by atoms with Crippen molar-refractivity contribution in [3.8, 4) is 0 Å². The quantitative estimate of drug-likeness (QED) is 0.314. The zero-order valence-electron chi connectivity index (χ0n) is 19.3. The van der Waals surface area contributed by atoms with Crippen LogP contribution < -0.4 is 4.90 Å². The summed E-state index contributed by atoms with van der Waals surface area (Å²) in [5.74, 6) is -2.93. The first-order valence-corrected chi connectivity index (χ1v) is 11.2. The molecule has 0 fully saturated rings. The summed E-state index contributed by atoms with van der Waals surface area (Å²) in [7, 11) is 1.23. The molecule has 37 heavy (non-hydrogen) atoms. The minimum atomic E-state index is -0.655. The molecule has 0 radical (unpaired) electrons. The summed E-state index contributed by atoms with van der Waals surface area (Å²) in [6.45, 7) is 0.0365. The molecule has 6 rings (SSSR count). The Kier molecular flexibility index (Phi) is 4.90. The molecule has 4 heterocycles. The van der Waals surface area contributed by atoms with Gasteiger partial charge in [-0.1, -0.05) is 6.07 Å². The molecule has 0 unspecified atom stereocenters. The number of rotatable bonds is 4. The summed E-state index contributed by atoms with van der Waals surface area (Å²) in [5, 5.41) is 0.540. The van der Waals surface area contributed by atoms with E-state index in [0.717, 1.165) is 9.80 Å². The molecule has 0 saturated heterocycles. The lowest BCUT2D eigenvalue weighted by Gasteiger charge is -2.31. The number of carbonyl (C=O) groups is 5. The molecule has 2 aromatic heterocycles. The van der Waals surface area contributed by atoms with Gasteiger partial charge in [-0.05, 0) is 48.0 Å². The van der Waals surface area contributed by atoms with E-state index in [-0.39, 0.29) is 51.0 Å². The van der Waals surface area contributed by atoms with Crippen molar-refractivity contribution >= 4 is 46.2 Å². The number of anilines is 1. The van der Waals surface area contributed by atoms with Crippen LogP contribution in [0.3, 0.4) is 0 Å². The zero-order chi connectivity index (χ0) is 25.8. The molecule has 0 atom stereocenters. The Morgan fingerprint density at radius 1 is 0.784 bits per heavy atom. The van der Waals surface area contributed by atoms with E-state index in [1.54, 1.807) is 24.5 Å². The molecule has 0 aliphatic carbocycles. The number of esters is 1. The van der Waals surface area contributed by atoms with Crippen LogP contribution in [-0.4, -0.2) is 51.6 Å². The monoisotopic (exact) mass is 492 g/mol. The smallest absolute Gasteiger partial charge is 0.339 e. The molecule has 2 aromatic carbocycles. The second-order valence-corrected chi connectivity index (χ2v) is 8.47. The average Bonchev–Trinajstić information content (AvgIpc) is 2.93. The highest BCUT2D eigenvalue weighted by Gasteiger charge is 2.40. The van der Waals surface area contributed by atoms with Crippen LogP contribution in [0.15, 0.2) is 67.1 Å². The number of amides is 4. The number of nitrogens with zero attached hydrogens (tertiary/aromatic N) is 4. The van der Waals surface area contributed by atoms with Gasteiger partial charge in [0.2, 0.25) is 0 Å². The Labute approximate surface area is 209 Å². The molecule has 10 heteroatoms. The third-order valence-electron chi connectivity index (χ3n) is 6.44. The number of pyridine rings is 2.